The third kappa shape index (κ3) is 7.07. The predicted octanol–water partition coefficient (Wildman–Crippen LogP) is 4.56. The average molecular weight is 410 g/mol. The summed E-state index contributed by atoms with van der Waals surface area (Å²) in [6, 6.07) is 12.2. The van der Waals surface area contributed by atoms with Crippen molar-refractivity contribution in [3.8, 4) is 0 Å². The van der Waals surface area contributed by atoms with E-state index >= 15 is 0 Å². The van der Waals surface area contributed by atoms with E-state index in [1.807, 2.05) is 57.2 Å². The molecule has 0 unspecified atom stereocenters. The lowest BCUT2D eigenvalue weighted by Gasteiger charge is -2.19. The second-order valence-corrected chi connectivity index (χ2v) is 11.5. The van der Waals surface area contributed by atoms with E-state index in [9.17, 15) is 13.2 Å². The molecule has 0 aliphatic carbocycles. The monoisotopic (exact) mass is 409 g/mol. The Balaban J connectivity index is 2.18. The molecule has 0 radical (unpaired) electrons. The molecule has 26 heavy (non-hydrogen) atoms. The molecule has 1 aromatic heterocycles. The standard InChI is InChI=1S/C19H23NO3S3/c1-19(2,3)25-17(21)14-16(12-11-15-8-5-4-6-9-15)20-26(22,23)18-10-7-13-24-18/h4-13,16,20H,14H2,1-3H3/b12-11+/t16-/m0/s1. The van der Waals surface area contributed by atoms with Gasteiger partial charge in [-0.2, -0.15) is 0 Å². The van der Waals surface area contributed by atoms with E-state index < -0.39 is 16.1 Å². The number of rotatable bonds is 7. The van der Waals surface area contributed by atoms with Gasteiger partial charge >= 0.3 is 0 Å². The fourth-order valence-corrected chi connectivity index (χ4v) is 5.32. The topological polar surface area (TPSA) is 63.2 Å². The number of thiophene rings is 1. The molecule has 0 saturated heterocycles. The van der Waals surface area contributed by atoms with E-state index in [1.165, 1.54) is 11.8 Å². The smallest absolute Gasteiger partial charge is 0.250 e. The Hall–Kier alpha value is -1.41. The molecule has 140 valence electrons. The minimum Gasteiger partial charge on any atom is -0.287 e. The van der Waals surface area contributed by atoms with Gasteiger partial charge in [0.1, 0.15) is 4.21 Å². The Bertz CT molecular complexity index is 836. The fourth-order valence-electron chi connectivity index (χ4n) is 2.18. The summed E-state index contributed by atoms with van der Waals surface area (Å²) in [5.41, 5.74) is 0.948. The Labute approximate surface area is 163 Å². The SMILES string of the molecule is CC(C)(C)SC(=O)C[C@H](/C=C/c1ccccc1)NS(=O)(=O)c1cccs1. The molecule has 1 aromatic carbocycles. The molecule has 0 aliphatic heterocycles. The van der Waals surface area contributed by atoms with Crippen LogP contribution in [0.3, 0.4) is 0 Å². The molecule has 0 amide bonds. The Kier molecular flexibility index (Phi) is 7.23. The van der Waals surface area contributed by atoms with Gasteiger partial charge in [-0.05, 0) is 17.0 Å². The molecule has 0 bridgehead atoms. The molecule has 7 heteroatoms. The second kappa shape index (κ2) is 8.99. The number of carbonyl (C=O) groups is 1. The highest BCUT2D eigenvalue weighted by Gasteiger charge is 2.24. The molecule has 4 nitrogen and oxygen atoms in total. The number of hydrogen-bond donors (Lipinski definition) is 1. The van der Waals surface area contributed by atoms with Crippen molar-refractivity contribution >= 4 is 44.3 Å². The van der Waals surface area contributed by atoms with Crippen LogP contribution < -0.4 is 4.72 Å². The van der Waals surface area contributed by atoms with Gasteiger partial charge in [-0.25, -0.2) is 13.1 Å². The summed E-state index contributed by atoms with van der Waals surface area (Å²) in [7, 11) is -3.65. The number of carbonyl (C=O) groups excluding carboxylic acids is 1. The number of nitrogens with one attached hydrogen (secondary N) is 1. The van der Waals surface area contributed by atoms with Gasteiger partial charge in [0.05, 0.1) is 0 Å². The molecule has 0 aliphatic rings. The zero-order valence-corrected chi connectivity index (χ0v) is 17.5. The van der Waals surface area contributed by atoms with Gasteiger partial charge in [0.2, 0.25) is 0 Å². The first-order valence-electron chi connectivity index (χ1n) is 8.17. The maximum Gasteiger partial charge on any atom is 0.250 e. The number of hydrogen-bond acceptors (Lipinski definition) is 5. The number of benzene rings is 1. The van der Waals surface area contributed by atoms with E-state index in [0.29, 0.717) is 0 Å². The van der Waals surface area contributed by atoms with Crippen molar-refractivity contribution in [2.75, 3.05) is 0 Å². The zero-order chi connectivity index (χ0) is 19.2. The van der Waals surface area contributed by atoms with Gasteiger partial charge in [-0.3, -0.25) is 4.79 Å². The highest BCUT2D eigenvalue weighted by molar-refractivity contribution is 8.14. The van der Waals surface area contributed by atoms with Crippen LogP contribution in [-0.2, 0) is 14.8 Å². The van der Waals surface area contributed by atoms with E-state index in [4.69, 9.17) is 0 Å². The summed E-state index contributed by atoms with van der Waals surface area (Å²) in [5, 5.41) is 1.67. The summed E-state index contributed by atoms with van der Waals surface area (Å²) in [6.07, 6.45) is 3.66. The zero-order valence-electron chi connectivity index (χ0n) is 15.0. The van der Waals surface area contributed by atoms with E-state index in [1.54, 1.807) is 23.6 Å². The van der Waals surface area contributed by atoms with E-state index in [-0.39, 0.29) is 20.5 Å². The molecule has 2 aromatic rings. The van der Waals surface area contributed by atoms with Crippen LogP contribution in [0.1, 0.15) is 32.8 Å². The van der Waals surface area contributed by atoms with Crippen molar-refractivity contribution in [3.63, 3.8) is 0 Å². The van der Waals surface area contributed by atoms with Crippen molar-refractivity contribution in [3.05, 3.63) is 59.5 Å². The number of thioether (sulfide) groups is 1. The summed E-state index contributed by atoms with van der Waals surface area (Å²) >= 11 is 2.38. The molecular weight excluding hydrogens is 386 g/mol. The van der Waals surface area contributed by atoms with Crippen LogP contribution >= 0.6 is 23.1 Å². The number of sulfonamides is 1. The van der Waals surface area contributed by atoms with Gasteiger partial charge in [0.25, 0.3) is 10.0 Å². The van der Waals surface area contributed by atoms with Crippen LogP contribution in [0.25, 0.3) is 6.08 Å². The third-order valence-electron chi connectivity index (χ3n) is 3.19. The minimum absolute atomic E-state index is 0.0471. The molecule has 2 rings (SSSR count). The maximum atomic E-state index is 12.5. The van der Waals surface area contributed by atoms with Crippen LogP contribution in [0.5, 0.6) is 0 Å². The summed E-state index contributed by atoms with van der Waals surface area (Å²) in [4.78, 5) is 12.3. The predicted molar refractivity (Wildman–Crippen MR) is 111 cm³/mol. The molecule has 0 fully saturated rings. The van der Waals surface area contributed by atoms with Crippen molar-refractivity contribution in [1.29, 1.82) is 0 Å². The first kappa shape index (κ1) is 20.9. The fraction of sp³-hybridized carbons (Fsp3) is 0.316. The summed E-state index contributed by atoms with van der Waals surface area (Å²) in [5.74, 6) is 0. The van der Waals surface area contributed by atoms with Crippen LogP contribution in [-0.4, -0.2) is 24.3 Å². The molecular formula is C19H23NO3S3. The quantitative estimate of drug-likeness (QED) is 0.728. The Morgan fingerprint density at radius 1 is 1.19 bits per heavy atom. The third-order valence-corrected chi connectivity index (χ3v) is 7.09. The van der Waals surface area contributed by atoms with E-state index in [2.05, 4.69) is 4.72 Å². The lowest BCUT2D eigenvalue weighted by Crippen LogP contribution is -2.34. The summed E-state index contributed by atoms with van der Waals surface area (Å²) < 4.78 is 27.7. The normalized spacial score (nSPS) is 13.8. The van der Waals surface area contributed by atoms with Gasteiger partial charge in [-0.15, -0.1) is 11.3 Å². The van der Waals surface area contributed by atoms with Crippen LogP contribution in [0.15, 0.2) is 58.1 Å². The molecule has 1 atom stereocenters. The van der Waals surface area contributed by atoms with Crippen molar-refractivity contribution in [2.45, 2.75) is 42.2 Å². The van der Waals surface area contributed by atoms with Gasteiger partial charge in [0, 0.05) is 17.2 Å². The Morgan fingerprint density at radius 2 is 1.88 bits per heavy atom. The summed E-state index contributed by atoms with van der Waals surface area (Å²) in [6.45, 7) is 5.88. The highest BCUT2D eigenvalue weighted by Crippen LogP contribution is 2.26. The van der Waals surface area contributed by atoms with Crippen molar-refractivity contribution < 1.29 is 13.2 Å². The van der Waals surface area contributed by atoms with Crippen molar-refractivity contribution in [2.24, 2.45) is 0 Å². The van der Waals surface area contributed by atoms with Gasteiger partial charge in [0.15, 0.2) is 5.12 Å². The molecule has 1 N–H and O–H groups in total. The van der Waals surface area contributed by atoms with Crippen molar-refractivity contribution in [1.82, 2.24) is 4.72 Å². The Morgan fingerprint density at radius 3 is 2.46 bits per heavy atom. The van der Waals surface area contributed by atoms with Crippen LogP contribution in [0, 0.1) is 0 Å². The molecule has 1 heterocycles. The first-order valence-corrected chi connectivity index (χ1v) is 11.3. The largest absolute Gasteiger partial charge is 0.287 e. The minimum atomic E-state index is -3.65. The van der Waals surface area contributed by atoms with Crippen LogP contribution in [0.2, 0.25) is 0 Å². The van der Waals surface area contributed by atoms with Crippen LogP contribution in [0.4, 0.5) is 0 Å². The first-order chi connectivity index (χ1) is 12.2. The average Bonchev–Trinajstić information content (AvgIpc) is 3.07. The second-order valence-electron chi connectivity index (χ2n) is 6.72. The maximum absolute atomic E-state index is 12.5. The lowest BCUT2D eigenvalue weighted by molar-refractivity contribution is -0.111. The lowest BCUT2D eigenvalue weighted by atomic mass is 10.1. The molecule has 0 spiro atoms. The van der Waals surface area contributed by atoms with Gasteiger partial charge in [-0.1, -0.05) is 81.1 Å². The highest BCUT2D eigenvalue weighted by atomic mass is 32.2. The van der Waals surface area contributed by atoms with E-state index in [0.717, 1.165) is 16.9 Å². The van der Waals surface area contributed by atoms with Gasteiger partial charge < -0.3 is 0 Å². The molecule has 0 saturated carbocycles.